The Morgan fingerprint density at radius 1 is 1.57 bits per heavy atom. The smallest absolute Gasteiger partial charge is 0.320 e. The van der Waals surface area contributed by atoms with E-state index in [0.717, 1.165) is 12.8 Å². The second kappa shape index (κ2) is 4.30. The van der Waals surface area contributed by atoms with Crippen molar-refractivity contribution in [1.29, 1.82) is 0 Å². The fraction of sp³-hybridized carbons (Fsp3) is 0.909. The molecule has 0 spiro atoms. The number of carboxylic acids is 1. The molecule has 0 bridgehead atoms. The van der Waals surface area contributed by atoms with Crippen LogP contribution in [0.4, 0.5) is 0 Å². The maximum atomic E-state index is 10.7. The Bertz CT molecular complexity index is 213. The fourth-order valence-electron chi connectivity index (χ4n) is 2.27. The highest BCUT2D eigenvalue weighted by atomic mass is 16.4. The van der Waals surface area contributed by atoms with E-state index in [-0.39, 0.29) is 0 Å². The molecule has 1 rings (SSSR count). The largest absolute Gasteiger partial charge is 0.480 e. The summed E-state index contributed by atoms with van der Waals surface area (Å²) in [6.07, 6.45) is 4.66. The van der Waals surface area contributed by atoms with Crippen LogP contribution in [0.2, 0.25) is 0 Å². The first-order valence-corrected chi connectivity index (χ1v) is 5.39. The van der Waals surface area contributed by atoms with Gasteiger partial charge in [0.2, 0.25) is 0 Å². The molecule has 0 radical (unpaired) electrons. The molecule has 0 heterocycles. The molecule has 1 saturated carbocycles. The first-order chi connectivity index (χ1) is 6.41. The molecule has 2 N–H and O–H groups in total. The van der Waals surface area contributed by atoms with Crippen LogP contribution in [0.5, 0.6) is 0 Å². The minimum atomic E-state index is -0.756. The zero-order valence-corrected chi connectivity index (χ0v) is 9.34. The van der Waals surface area contributed by atoms with Crippen LogP contribution in [-0.2, 0) is 4.79 Å². The number of carbonyl (C=O) groups is 1. The minimum Gasteiger partial charge on any atom is -0.480 e. The Kier molecular flexibility index (Phi) is 3.53. The predicted molar refractivity (Wildman–Crippen MR) is 56.3 cm³/mol. The average Bonchev–Trinajstić information content (AvgIpc) is 2.01. The first-order valence-electron chi connectivity index (χ1n) is 5.39. The molecule has 1 aliphatic carbocycles. The molecule has 82 valence electrons. The molecule has 0 aromatic heterocycles. The molecule has 1 aliphatic rings. The summed E-state index contributed by atoms with van der Waals surface area (Å²) < 4.78 is 0. The number of hydrogen-bond acceptors (Lipinski definition) is 2. The van der Waals surface area contributed by atoms with Crippen molar-refractivity contribution in [2.24, 2.45) is 5.41 Å². The van der Waals surface area contributed by atoms with Gasteiger partial charge in [0.05, 0.1) is 0 Å². The SMILES string of the molecule is CC(NC1CCCC(C)(C)C1)C(=O)O. The van der Waals surface area contributed by atoms with Crippen LogP contribution < -0.4 is 5.32 Å². The predicted octanol–water partition coefficient (Wildman–Crippen LogP) is 2.02. The Morgan fingerprint density at radius 3 is 2.71 bits per heavy atom. The summed E-state index contributed by atoms with van der Waals surface area (Å²) in [5, 5.41) is 12.0. The van der Waals surface area contributed by atoms with Crippen molar-refractivity contribution in [2.45, 2.75) is 58.5 Å². The van der Waals surface area contributed by atoms with Crippen molar-refractivity contribution in [3.05, 3.63) is 0 Å². The molecule has 3 heteroatoms. The van der Waals surface area contributed by atoms with Crippen LogP contribution in [0.1, 0.15) is 46.5 Å². The van der Waals surface area contributed by atoms with E-state index >= 15 is 0 Å². The lowest BCUT2D eigenvalue weighted by atomic mass is 9.75. The number of carboxylic acid groups (broad SMARTS) is 1. The second-order valence-corrected chi connectivity index (χ2v) is 5.18. The lowest BCUT2D eigenvalue weighted by molar-refractivity contribution is -0.139. The number of aliphatic carboxylic acids is 1. The molecule has 1 fully saturated rings. The number of hydrogen-bond donors (Lipinski definition) is 2. The Morgan fingerprint density at radius 2 is 2.21 bits per heavy atom. The van der Waals surface area contributed by atoms with E-state index in [2.05, 4.69) is 19.2 Å². The second-order valence-electron chi connectivity index (χ2n) is 5.18. The van der Waals surface area contributed by atoms with E-state index < -0.39 is 12.0 Å². The van der Waals surface area contributed by atoms with E-state index in [0.29, 0.717) is 11.5 Å². The van der Waals surface area contributed by atoms with E-state index in [9.17, 15) is 4.79 Å². The van der Waals surface area contributed by atoms with Crippen molar-refractivity contribution in [2.75, 3.05) is 0 Å². The van der Waals surface area contributed by atoms with Gasteiger partial charge < -0.3 is 10.4 Å². The summed E-state index contributed by atoms with van der Waals surface area (Å²) >= 11 is 0. The molecule has 0 aromatic carbocycles. The molecular weight excluding hydrogens is 178 g/mol. The highest BCUT2D eigenvalue weighted by Gasteiger charge is 2.29. The van der Waals surface area contributed by atoms with Gasteiger partial charge in [-0.15, -0.1) is 0 Å². The van der Waals surface area contributed by atoms with Gasteiger partial charge in [-0.1, -0.05) is 20.3 Å². The van der Waals surface area contributed by atoms with Crippen LogP contribution in [0.25, 0.3) is 0 Å². The van der Waals surface area contributed by atoms with Gasteiger partial charge in [0.25, 0.3) is 0 Å². The topological polar surface area (TPSA) is 49.3 Å². The van der Waals surface area contributed by atoms with Crippen LogP contribution in [0, 0.1) is 5.41 Å². The van der Waals surface area contributed by atoms with Gasteiger partial charge in [-0.25, -0.2) is 0 Å². The maximum absolute atomic E-state index is 10.7. The molecule has 0 saturated heterocycles. The van der Waals surface area contributed by atoms with Crippen molar-refractivity contribution >= 4 is 5.97 Å². The summed E-state index contributed by atoms with van der Waals surface area (Å²) in [6.45, 7) is 6.22. The van der Waals surface area contributed by atoms with Crippen LogP contribution in [0.3, 0.4) is 0 Å². The third kappa shape index (κ3) is 3.29. The normalized spacial score (nSPS) is 28.4. The number of rotatable bonds is 3. The molecule has 0 aromatic rings. The first kappa shape index (κ1) is 11.5. The highest BCUT2D eigenvalue weighted by Crippen LogP contribution is 2.35. The summed E-state index contributed by atoms with van der Waals surface area (Å²) in [5.74, 6) is -0.756. The molecule has 0 aliphatic heterocycles. The lowest BCUT2D eigenvalue weighted by Crippen LogP contribution is -2.45. The van der Waals surface area contributed by atoms with Crippen molar-refractivity contribution < 1.29 is 9.90 Å². The summed E-state index contributed by atoms with van der Waals surface area (Å²) in [7, 11) is 0. The summed E-state index contributed by atoms with van der Waals surface area (Å²) in [6, 6.07) is -0.0428. The van der Waals surface area contributed by atoms with Crippen LogP contribution >= 0.6 is 0 Å². The van der Waals surface area contributed by atoms with Gasteiger partial charge >= 0.3 is 5.97 Å². The molecule has 14 heavy (non-hydrogen) atoms. The van der Waals surface area contributed by atoms with Gasteiger partial charge in [-0.2, -0.15) is 0 Å². The van der Waals surface area contributed by atoms with E-state index in [1.807, 2.05) is 0 Å². The standard InChI is InChI=1S/C11H21NO2/c1-8(10(13)14)12-9-5-4-6-11(2,3)7-9/h8-9,12H,4-7H2,1-3H3,(H,13,14). The Hall–Kier alpha value is -0.570. The summed E-state index contributed by atoms with van der Waals surface area (Å²) in [4.78, 5) is 10.7. The molecular formula is C11H21NO2. The minimum absolute atomic E-state index is 0.369. The van der Waals surface area contributed by atoms with E-state index in [1.54, 1.807) is 6.92 Å². The van der Waals surface area contributed by atoms with Crippen LogP contribution in [-0.4, -0.2) is 23.2 Å². The zero-order valence-electron chi connectivity index (χ0n) is 9.34. The molecule has 3 nitrogen and oxygen atoms in total. The monoisotopic (exact) mass is 199 g/mol. The van der Waals surface area contributed by atoms with Gasteiger partial charge in [0, 0.05) is 6.04 Å². The third-order valence-electron chi connectivity index (χ3n) is 3.06. The van der Waals surface area contributed by atoms with Gasteiger partial charge in [-0.3, -0.25) is 4.79 Å². The Labute approximate surface area is 85.9 Å². The third-order valence-corrected chi connectivity index (χ3v) is 3.06. The van der Waals surface area contributed by atoms with E-state index in [1.165, 1.54) is 12.8 Å². The summed E-state index contributed by atoms with van der Waals surface area (Å²) in [5.41, 5.74) is 0.369. The van der Waals surface area contributed by atoms with Crippen molar-refractivity contribution in [3.8, 4) is 0 Å². The van der Waals surface area contributed by atoms with E-state index in [4.69, 9.17) is 5.11 Å². The molecule has 2 atom stereocenters. The highest BCUT2D eigenvalue weighted by molar-refractivity contribution is 5.72. The quantitative estimate of drug-likeness (QED) is 0.731. The Balaban J connectivity index is 2.42. The number of nitrogens with one attached hydrogen (secondary N) is 1. The van der Waals surface area contributed by atoms with Crippen LogP contribution in [0.15, 0.2) is 0 Å². The maximum Gasteiger partial charge on any atom is 0.320 e. The van der Waals surface area contributed by atoms with Gasteiger partial charge in [-0.05, 0) is 31.6 Å². The molecule has 0 amide bonds. The molecule has 2 unspecified atom stereocenters. The fourth-order valence-corrected chi connectivity index (χ4v) is 2.27. The van der Waals surface area contributed by atoms with Gasteiger partial charge in [0.15, 0.2) is 0 Å². The van der Waals surface area contributed by atoms with Gasteiger partial charge in [0.1, 0.15) is 6.04 Å². The zero-order chi connectivity index (χ0) is 10.8. The average molecular weight is 199 g/mol. The lowest BCUT2D eigenvalue weighted by Gasteiger charge is -2.36. The van der Waals surface area contributed by atoms with Crippen molar-refractivity contribution in [1.82, 2.24) is 5.32 Å². The van der Waals surface area contributed by atoms with Crippen molar-refractivity contribution in [3.63, 3.8) is 0 Å².